The fourth-order valence-corrected chi connectivity index (χ4v) is 2.36. The number of hydrogen-bond donors (Lipinski definition) is 0. The lowest BCUT2D eigenvalue weighted by Gasteiger charge is -2.31. The summed E-state index contributed by atoms with van der Waals surface area (Å²) in [6.45, 7) is 4.68. The Balaban J connectivity index is 2.17. The van der Waals surface area contributed by atoms with Crippen LogP contribution in [-0.4, -0.2) is 34.9 Å². The molecule has 1 atom stereocenters. The molecule has 90 valence electrons. The third kappa shape index (κ3) is 1.64. The van der Waals surface area contributed by atoms with Gasteiger partial charge in [-0.15, -0.1) is 0 Å². The average Bonchev–Trinajstić information content (AvgIpc) is 2.76. The van der Waals surface area contributed by atoms with Gasteiger partial charge in [-0.1, -0.05) is 25.1 Å². The van der Waals surface area contributed by atoms with Crippen molar-refractivity contribution in [2.24, 2.45) is 0 Å². The van der Waals surface area contributed by atoms with Crippen LogP contribution in [0.25, 0.3) is 10.9 Å². The lowest BCUT2D eigenvalue weighted by atomic mass is 10.1. The Hall–Kier alpha value is -1.39. The van der Waals surface area contributed by atoms with Gasteiger partial charge in [0.05, 0.1) is 24.4 Å². The van der Waals surface area contributed by atoms with Crippen LogP contribution in [0.3, 0.4) is 0 Å². The van der Waals surface area contributed by atoms with Crippen LogP contribution in [-0.2, 0) is 11.3 Å². The molecular formula is C13H17N3O. The molecule has 1 aromatic carbocycles. The van der Waals surface area contributed by atoms with Crippen molar-refractivity contribution in [3.8, 4) is 0 Å². The van der Waals surface area contributed by atoms with Gasteiger partial charge < -0.3 is 4.74 Å². The van der Waals surface area contributed by atoms with Crippen LogP contribution >= 0.6 is 0 Å². The summed E-state index contributed by atoms with van der Waals surface area (Å²) in [5, 5.41) is 5.84. The lowest BCUT2D eigenvalue weighted by Crippen LogP contribution is -2.33. The van der Waals surface area contributed by atoms with Gasteiger partial charge in [-0.05, 0) is 19.7 Å². The monoisotopic (exact) mass is 231 g/mol. The number of benzene rings is 1. The van der Waals surface area contributed by atoms with Crippen LogP contribution in [0.4, 0.5) is 0 Å². The lowest BCUT2D eigenvalue weighted by molar-refractivity contribution is -0.0729. The molecule has 0 fully saturated rings. The first-order chi connectivity index (χ1) is 8.31. The summed E-state index contributed by atoms with van der Waals surface area (Å²) in [6.07, 6.45) is 0.0288. The van der Waals surface area contributed by atoms with Crippen molar-refractivity contribution in [2.45, 2.75) is 19.7 Å². The molecule has 3 rings (SSSR count). The van der Waals surface area contributed by atoms with E-state index in [1.54, 1.807) is 0 Å². The van der Waals surface area contributed by atoms with Crippen molar-refractivity contribution in [3.05, 3.63) is 30.0 Å². The summed E-state index contributed by atoms with van der Waals surface area (Å²) in [5.41, 5.74) is 2.25. The first-order valence-corrected chi connectivity index (χ1v) is 6.08. The zero-order chi connectivity index (χ0) is 11.8. The Morgan fingerprint density at radius 1 is 1.47 bits per heavy atom. The second-order valence-corrected chi connectivity index (χ2v) is 4.42. The molecule has 1 aliphatic rings. The minimum Gasteiger partial charge on any atom is -0.355 e. The van der Waals surface area contributed by atoms with E-state index in [0.717, 1.165) is 25.2 Å². The largest absolute Gasteiger partial charge is 0.355 e. The smallest absolute Gasteiger partial charge is 0.153 e. The molecule has 2 heterocycles. The molecule has 0 N–H and O–H groups in total. The van der Waals surface area contributed by atoms with E-state index in [1.165, 1.54) is 11.1 Å². The third-order valence-electron chi connectivity index (χ3n) is 3.40. The molecule has 4 heteroatoms. The summed E-state index contributed by atoms with van der Waals surface area (Å²) in [5.74, 6) is 0. The maximum Gasteiger partial charge on any atom is 0.153 e. The van der Waals surface area contributed by atoms with Crippen molar-refractivity contribution in [1.29, 1.82) is 0 Å². The van der Waals surface area contributed by atoms with E-state index < -0.39 is 0 Å². The molecule has 0 spiro atoms. The molecule has 0 unspecified atom stereocenters. The third-order valence-corrected chi connectivity index (χ3v) is 3.40. The fraction of sp³-hybridized carbons (Fsp3) is 0.462. The SMILES string of the molecule is CCN(C)[C@@H]1OCCn2nc3ccccc3c21. The summed E-state index contributed by atoms with van der Waals surface area (Å²) in [4.78, 5) is 2.21. The van der Waals surface area contributed by atoms with Gasteiger partial charge in [0.2, 0.25) is 0 Å². The molecule has 4 nitrogen and oxygen atoms in total. The number of rotatable bonds is 2. The molecule has 2 aromatic rings. The predicted octanol–water partition coefficient (Wildman–Crippen LogP) is 2.02. The zero-order valence-corrected chi connectivity index (χ0v) is 10.3. The van der Waals surface area contributed by atoms with E-state index in [-0.39, 0.29) is 6.23 Å². The zero-order valence-electron chi connectivity index (χ0n) is 10.3. The summed E-state index contributed by atoms with van der Waals surface area (Å²) < 4.78 is 7.98. The van der Waals surface area contributed by atoms with Gasteiger partial charge in [-0.3, -0.25) is 9.58 Å². The van der Waals surface area contributed by atoms with Crippen LogP contribution in [0.1, 0.15) is 18.8 Å². The van der Waals surface area contributed by atoms with Crippen molar-refractivity contribution >= 4 is 10.9 Å². The van der Waals surface area contributed by atoms with Crippen molar-refractivity contribution in [2.75, 3.05) is 20.2 Å². The molecule has 0 saturated heterocycles. The van der Waals surface area contributed by atoms with Crippen molar-refractivity contribution in [1.82, 2.24) is 14.7 Å². The summed E-state index contributed by atoms with van der Waals surface area (Å²) >= 11 is 0. The normalized spacial score (nSPS) is 19.8. The van der Waals surface area contributed by atoms with Crippen LogP contribution in [0.2, 0.25) is 0 Å². The van der Waals surface area contributed by atoms with Gasteiger partial charge in [0.15, 0.2) is 6.23 Å². The molecule has 1 aliphatic heterocycles. The Kier molecular flexibility index (Phi) is 2.61. The Labute approximate surface area is 101 Å². The van der Waals surface area contributed by atoms with Crippen LogP contribution in [0.5, 0.6) is 0 Å². The van der Waals surface area contributed by atoms with Gasteiger partial charge in [0.25, 0.3) is 0 Å². The summed E-state index contributed by atoms with van der Waals surface area (Å²) in [7, 11) is 2.09. The minimum atomic E-state index is 0.0288. The molecule has 17 heavy (non-hydrogen) atoms. The Morgan fingerprint density at radius 3 is 3.12 bits per heavy atom. The quantitative estimate of drug-likeness (QED) is 0.792. The maximum absolute atomic E-state index is 5.89. The minimum absolute atomic E-state index is 0.0288. The highest BCUT2D eigenvalue weighted by Gasteiger charge is 2.27. The van der Waals surface area contributed by atoms with Crippen LogP contribution in [0, 0.1) is 0 Å². The van der Waals surface area contributed by atoms with E-state index in [9.17, 15) is 0 Å². The fourth-order valence-electron chi connectivity index (χ4n) is 2.36. The second kappa shape index (κ2) is 4.13. The van der Waals surface area contributed by atoms with Crippen LogP contribution < -0.4 is 0 Å². The van der Waals surface area contributed by atoms with Gasteiger partial charge in [-0.2, -0.15) is 5.10 Å². The highest BCUT2D eigenvalue weighted by atomic mass is 16.5. The highest BCUT2D eigenvalue weighted by Crippen LogP contribution is 2.31. The molecule has 0 saturated carbocycles. The number of fused-ring (bicyclic) bond motifs is 3. The van der Waals surface area contributed by atoms with Crippen molar-refractivity contribution in [3.63, 3.8) is 0 Å². The maximum atomic E-state index is 5.89. The number of aromatic nitrogens is 2. The number of ether oxygens (including phenoxy) is 1. The number of nitrogens with zero attached hydrogens (tertiary/aromatic N) is 3. The average molecular weight is 231 g/mol. The molecule has 1 aromatic heterocycles. The standard InChI is InChI=1S/C13H17N3O/c1-3-15(2)13-12-10-6-4-5-7-11(10)14-16(12)8-9-17-13/h4-7,13H,3,8-9H2,1-2H3/t13-/m1/s1. The Morgan fingerprint density at radius 2 is 2.29 bits per heavy atom. The van der Waals surface area contributed by atoms with E-state index in [2.05, 4.69) is 46.9 Å². The number of hydrogen-bond acceptors (Lipinski definition) is 3. The Bertz CT molecular complexity index is 534. The van der Waals surface area contributed by atoms with Crippen molar-refractivity contribution < 1.29 is 4.74 Å². The van der Waals surface area contributed by atoms with E-state index in [0.29, 0.717) is 0 Å². The van der Waals surface area contributed by atoms with Gasteiger partial charge in [-0.25, -0.2) is 0 Å². The molecule has 0 aliphatic carbocycles. The first-order valence-electron chi connectivity index (χ1n) is 6.08. The predicted molar refractivity (Wildman–Crippen MR) is 66.7 cm³/mol. The van der Waals surface area contributed by atoms with Gasteiger partial charge in [0, 0.05) is 5.39 Å². The van der Waals surface area contributed by atoms with Gasteiger partial charge in [0.1, 0.15) is 0 Å². The van der Waals surface area contributed by atoms with E-state index >= 15 is 0 Å². The topological polar surface area (TPSA) is 30.3 Å². The first kappa shape index (κ1) is 10.7. The molecule has 0 radical (unpaired) electrons. The molecular weight excluding hydrogens is 214 g/mol. The van der Waals surface area contributed by atoms with E-state index in [1.807, 2.05) is 6.07 Å². The summed E-state index contributed by atoms with van der Waals surface area (Å²) in [6, 6.07) is 8.27. The highest BCUT2D eigenvalue weighted by molar-refractivity contribution is 5.81. The second-order valence-electron chi connectivity index (χ2n) is 4.42. The molecule has 0 bridgehead atoms. The van der Waals surface area contributed by atoms with Crippen LogP contribution in [0.15, 0.2) is 24.3 Å². The van der Waals surface area contributed by atoms with Gasteiger partial charge >= 0.3 is 0 Å². The van der Waals surface area contributed by atoms with E-state index in [4.69, 9.17) is 4.74 Å². The molecule has 0 amide bonds.